The molecule has 1 unspecified atom stereocenters. The van der Waals surface area contributed by atoms with Crippen molar-refractivity contribution >= 4 is 11.8 Å². The highest BCUT2D eigenvalue weighted by Crippen LogP contribution is 2.25. The fraction of sp³-hybridized carbons (Fsp3) is 0.696. The van der Waals surface area contributed by atoms with Gasteiger partial charge in [-0.05, 0) is 56.3 Å². The number of piperidine rings is 2. The Bertz CT molecular complexity index is 650. The van der Waals surface area contributed by atoms with Crippen LogP contribution in [0.25, 0.3) is 0 Å². The first-order valence-corrected chi connectivity index (χ1v) is 11.2. The molecule has 0 spiro atoms. The van der Waals surface area contributed by atoms with E-state index in [0.29, 0.717) is 30.8 Å². The van der Waals surface area contributed by atoms with Crippen LogP contribution >= 0.6 is 0 Å². The predicted octanol–water partition coefficient (Wildman–Crippen LogP) is 2.84. The first kappa shape index (κ1) is 21.8. The minimum atomic E-state index is 0.111. The predicted molar refractivity (Wildman–Crippen MR) is 114 cm³/mol. The highest BCUT2D eigenvalue weighted by atomic mass is 16.2. The van der Waals surface area contributed by atoms with Crippen LogP contribution in [0.5, 0.6) is 0 Å². The summed E-state index contributed by atoms with van der Waals surface area (Å²) in [6.45, 7) is 8.58. The van der Waals surface area contributed by atoms with Crippen LogP contribution in [0.3, 0.4) is 0 Å². The smallest absolute Gasteiger partial charge is 0.223 e. The lowest BCUT2D eigenvalue weighted by atomic mass is 9.92. The maximum absolute atomic E-state index is 12.5. The van der Waals surface area contributed by atoms with E-state index >= 15 is 0 Å². The Kier molecular flexibility index (Phi) is 8.04. The molecule has 3 rings (SSSR count). The lowest BCUT2D eigenvalue weighted by molar-refractivity contribution is -0.134. The molecule has 160 valence electrons. The van der Waals surface area contributed by atoms with Crippen molar-refractivity contribution in [3.8, 4) is 0 Å². The molecule has 2 aliphatic heterocycles. The standard InChI is InChI=1S/C23H36N4O2/c1-3-18(2)15-22(28)27-13-8-21(9-14-27)26-11-6-20(7-12-26)23(29)25-17-19-5-4-10-24-16-19/h4-5,10,16,18,20-21H,3,6-9,11-15,17H2,1-2H3,(H,25,29). The summed E-state index contributed by atoms with van der Waals surface area (Å²) in [6, 6.07) is 4.43. The molecule has 6 heteroatoms. The fourth-order valence-corrected chi connectivity index (χ4v) is 4.41. The number of nitrogens with zero attached hydrogens (tertiary/aromatic N) is 3. The second-order valence-electron chi connectivity index (χ2n) is 8.72. The van der Waals surface area contributed by atoms with Gasteiger partial charge in [0.15, 0.2) is 0 Å². The zero-order chi connectivity index (χ0) is 20.6. The van der Waals surface area contributed by atoms with Gasteiger partial charge in [0.1, 0.15) is 0 Å². The SMILES string of the molecule is CCC(C)CC(=O)N1CCC(N2CCC(C(=O)NCc3cccnc3)CC2)CC1. The Labute approximate surface area is 175 Å². The van der Waals surface area contributed by atoms with Gasteiger partial charge in [0.05, 0.1) is 0 Å². The Balaban J connectivity index is 1.36. The molecule has 3 heterocycles. The number of carbonyl (C=O) groups is 2. The summed E-state index contributed by atoms with van der Waals surface area (Å²) < 4.78 is 0. The van der Waals surface area contributed by atoms with Gasteiger partial charge in [0.2, 0.25) is 11.8 Å². The summed E-state index contributed by atoms with van der Waals surface area (Å²) in [4.78, 5) is 33.6. The second kappa shape index (κ2) is 10.7. The number of amides is 2. The molecule has 2 fully saturated rings. The van der Waals surface area contributed by atoms with E-state index in [1.807, 2.05) is 12.1 Å². The van der Waals surface area contributed by atoms with Gasteiger partial charge in [-0.1, -0.05) is 26.3 Å². The van der Waals surface area contributed by atoms with E-state index in [-0.39, 0.29) is 11.8 Å². The van der Waals surface area contributed by atoms with E-state index in [1.165, 1.54) is 0 Å². The lowest BCUT2D eigenvalue weighted by Gasteiger charge is -2.41. The number of likely N-dealkylation sites (tertiary alicyclic amines) is 2. The van der Waals surface area contributed by atoms with Gasteiger partial charge in [0.25, 0.3) is 0 Å². The molecule has 2 aliphatic rings. The first-order chi connectivity index (χ1) is 14.1. The molecule has 1 aromatic rings. The lowest BCUT2D eigenvalue weighted by Crippen LogP contribution is -2.50. The third kappa shape index (κ3) is 6.26. The maximum atomic E-state index is 12.5. The number of aromatic nitrogens is 1. The Morgan fingerprint density at radius 3 is 2.52 bits per heavy atom. The van der Waals surface area contributed by atoms with Gasteiger partial charge in [-0.15, -0.1) is 0 Å². The average Bonchev–Trinajstić information content (AvgIpc) is 2.78. The largest absolute Gasteiger partial charge is 0.352 e. The van der Waals surface area contributed by atoms with Gasteiger partial charge in [0, 0.05) is 50.4 Å². The molecule has 29 heavy (non-hydrogen) atoms. The summed E-state index contributed by atoms with van der Waals surface area (Å²) >= 11 is 0. The van der Waals surface area contributed by atoms with Gasteiger partial charge < -0.3 is 15.1 Å². The Hall–Kier alpha value is -1.95. The topological polar surface area (TPSA) is 65.5 Å². The quantitative estimate of drug-likeness (QED) is 0.764. The highest BCUT2D eigenvalue weighted by molar-refractivity contribution is 5.78. The molecule has 1 N–H and O–H groups in total. The van der Waals surface area contributed by atoms with Crippen molar-refractivity contribution in [1.29, 1.82) is 0 Å². The van der Waals surface area contributed by atoms with E-state index < -0.39 is 0 Å². The van der Waals surface area contributed by atoms with E-state index in [2.05, 4.69) is 33.9 Å². The monoisotopic (exact) mass is 400 g/mol. The number of rotatable bonds is 7. The molecule has 2 saturated heterocycles. The summed E-state index contributed by atoms with van der Waals surface area (Å²) in [5.74, 6) is 1.07. The first-order valence-electron chi connectivity index (χ1n) is 11.2. The molecule has 0 saturated carbocycles. The van der Waals surface area contributed by atoms with E-state index in [0.717, 1.165) is 63.8 Å². The van der Waals surface area contributed by atoms with Crippen LogP contribution in [0.1, 0.15) is 57.9 Å². The molecule has 1 aromatic heterocycles. The van der Waals surface area contributed by atoms with E-state index in [9.17, 15) is 9.59 Å². The molecular weight excluding hydrogens is 364 g/mol. The summed E-state index contributed by atoms with van der Waals surface area (Å²) in [5.41, 5.74) is 1.04. The van der Waals surface area contributed by atoms with Crippen LogP contribution in [-0.2, 0) is 16.1 Å². The highest BCUT2D eigenvalue weighted by Gasteiger charge is 2.31. The Morgan fingerprint density at radius 2 is 1.90 bits per heavy atom. The fourth-order valence-electron chi connectivity index (χ4n) is 4.41. The number of carbonyl (C=O) groups excluding carboxylic acids is 2. The van der Waals surface area contributed by atoms with Crippen LogP contribution in [0.15, 0.2) is 24.5 Å². The van der Waals surface area contributed by atoms with Crippen LogP contribution in [0, 0.1) is 11.8 Å². The van der Waals surface area contributed by atoms with E-state index in [1.54, 1.807) is 12.4 Å². The van der Waals surface area contributed by atoms with Crippen molar-refractivity contribution in [2.75, 3.05) is 26.2 Å². The minimum Gasteiger partial charge on any atom is -0.352 e. The number of hydrogen-bond acceptors (Lipinski definition) is 4. The molecule has 0 aromatic carbocycles. The van der Waals surface area contributed by atoms with Gasteiger partial charge in [-0.3, -0.25) is 14.6 Å². The molecule has 6 nitrogen and oxygen atoms in total. The van der Waals surface area contributed by atoms with Gasteiger partial charge in [-0.2, -0.15) is 0 Å². The second-order valence-corrected chi connectivity index (χ2v) is 8.72. The Morgan fingerprint density at radius 1 is 1.17 bits per heavy atom. The van der Waals surface area contributed by atoms with Crippen molar-refractivity contribution in [3.63, 3.8) is 0 Å². The van der Waals surface area contributed by atoms with Crippen molar-refractivity contribution in [1.82, 2.24) is 20.1 Å². The normalized spacial score (nSPS) is 20.4. The summed E-state index contributed by atoms with van der Waals surface area (Å²) in [7, 11) is 0. The zero-order valence-electron chi connectivity index (χ0n) is 18.0. The van der Waals surface area contributed by atoms with Crippen molar-refractivity contribution in [2.24, 2.45) is 11.8 Å². The van der Waals surface area contributed by atoms with Gasteiger partial charge in [-0.25, -0.2) is 0 Å². The van der Waals surface area contributed by atoms with Crippen molar-refractivity contribution in [3.05, 3.63) is 30.1 Å². The van der Waals surface area contributed by atoms with Crippen LogP contribution in [0.2, 0.25) is 0 Å². The molecule has 2 amide bonds. The summed E-state index contributed by atoms with van der Waals surface area (Å²) in [6.07, 6.45) is 9.25. The summed E-state index contributed by atoms with van der Waals surface area (Å²) in [5, 5.41) is 3.06. The number of hydrogen-bond donors (Lipinski definition) is 1. The number of nitrogens with one attached hydrogen (secondary N) is 1. The molecule has 0 radical (unpaired) electrons. The zero-order valence-corrected chi connectivity index (χ0v) is 18.0. The maximum Gasteiger partial charge on any atom is 0.223 e. The van der Waals surface area contributed by atoms with Gasteiger partial charge >= 0.3 is 0 Å². The minimum absolute atomic E-state index is 0.111. The molecule has 0 bridgehead atoms. The van der Waals surface area contributed by atoms with Crippen LogP contribution in [-0.4, -0.2) is 58.8 Å². The van der Waals surface area contributed by atoms with Crippen LogP contribution < -0.4 is 5.32 Å². The van der Waals surface area contributed by atoms with Crippen molar-refractivity contribution in [2.45, 2.75) is 65.0 Å². The average molecular weight is 401 g/mol. The molecular formula is C23H36N4O2. The van der Waals surface area contributed by atoms with E-state index in [4.69, 9.17) is 0 Å². The van der Waals surface area contributed by atoms with Crippen LogP contribution in [0.4, 0.5) is 0 Å². The third-order valence-electron chi connectivity index (χ3n) is 6.64. The molecule has 1 atom stereocenters. The van der Waals surface area contributed by atoms with Crippen molar-refractivity contribution < 1.29 is 9.59 Å². The third-order valence-corrected chi connectivity index (χ3v) is 6.64. The molecule has 0 aliphatic carbocycles. The number of pyridine rings is 1.